The highest BCUT2D eigenvalue weighted by Crippen LogP contribution is 2.36. The summed E-state index contributed by atoms with van der Waals surface area (Å²) in [7, 11) is 0. The van der Waals surface area contributed by atoms with Crippen LogP contribution in [-0.2, 0) is 19.6 Å². The van der Waals surface area contributed by atoms with Crippen LogP contribution >= 0.6 is 0 Å². The first-order chi connectivity index (χ1) is 13.1. The number of hydrogen-bond acceptors (Lipinski definition) is 7. The fourth-order valence-electron chi connectivity index (χ4n) is 4.25. The van der Waals surface area contributed by atoms with Gasteiger partial charge >= 0.3 is 0 Å². The first kappa shape index (κ1) is 18.3. The Labute approximate surface area is 159 Å². The van der Waals surface area contributed by atoms with Crippen molar-refractivity contribution in [3.63, 3.8) is 0 Å². The molecule has 0 radical (unpaired) electrons. The molecule has 1 aromatic carbocycles. The van der Waals surface area contributed by atoms with E-state index < -0.39 is 0 Å². The fourth-order valence-corrected chi connectivity index (χ4v) is 4.25. The Morgan fingerprint density at radius 1 is 1.15 bits per heavy atom. The topological polar surface area (TPSA) is 86.6 Å². The molecule has 0 amide bonds. The van der Waals surface area contributed by atoms with E-state index in [1.807, 2.05) is 6.07 Å². The van der Waals surface area contributed by atoms with Crippen LogP contribution in [0.15, 0.2) is 22.7 Å². The number of rotatable bonds is 6. The molecule has 1 aliphatic carbocycles. The lowest BCUT2D eigenvalue weighted by Gasteiger charge is -2.41. The molecule has 4 rings (SSSR count). The molecule has 2 heterocycles. The summed E-state index contributed by atoms with van der Waals surface area (Å²) in [6, 6.07) is 6.66. The number of nitrogens with zero attached hydrogens (tertiary/aromatic N) is 3. The molecule has 1 aliphatic heterocycles. The average Bonchev–Trinajstić information content (AvgIpc) is 3.32. The van der Waals surface area contributed by atoms with E-state index in [1.165, 1.54) is 24.8 Å². The zero-order chi connectivity index (χ0) is 18.8. The van der Waals surface area contributed by atoms with Gasteiger partial charge in [0.05, 0.1) is 13.1 Å². The zero-order valence-electron chi connectivity index (χ0n) is 16.1. The van der Waals surface area contributed by atoms with Gasteiger partial charge in [-0.15, -0.1) is 0 Å². The zero-order valence-corrected chi connectivity index (χ0v) is 16.1. The maximum absolute atomic E-state index is 5.62. The summed E-state index contributed by atoms with van der Waals surface area (Å²) in [6.45, 7) is 6.75. The largest absolute Gasteiger partial charge is 0.454 e. The van der Waals surface area contributed by atoms with E-state index in [1.54, 1.807) is 0 Å². The summed E-state index contributed by atoms with van der Waals surface area (Å²) >= 11 is 0. The summed E-state index contributed by atoms with van der Waals surface area (Å²) in [6.07, 6.45) is 3.75. The molecule has 27 heavy (non-hydrogen) atoms. The first-order valence-corrected chi connectivity index (χ1v) is 9.78. The van der Waals surface area contributed by atoms with Gasteiger partial charge in [0.2, 0.25) is 12.7 Å². The van der Waals surface area contributed by atoms with Crippen molar-refractivity contribution in [2.24, 2.45) is 17.6 Å². The highest BCUT2D eigenvalue weighted by atomic mass is 16.7. The van der Waals surface area contributed by atoms with Gasteiger partial charge in [-0.1, -0.05) is 37.9 Å². The molecule has 3 atom stereocenters. The van der Waals surface area contributed by atoms with Crippen LogP contribution in [0.1, 0.15) is 50.4 Å². The Balaban J connectivity index is 1.56. The normalized spacial score (nSPS) is 24.5. The van der Waals surface area contributed by atoms with Crippen molar-refractivity contribution in [1.29, 1.82) is 0 Å². The third-order valence-electron chi connectivity index (χ3n) is 5.98. The summed E-state index contributed by atoms with van der Waals surface area (Å²) in [5, 5.41) is 4.11. The Bertz CT molecular complexity index is 778. The molecule has 0 spiro atoms. The molecule has 7 nitrogen and oxygen atoms in total. The molecule has 0 saturated heterocycles. The molecule has 2 N–H and O–H groups in total. The van der Waals surface area contributed by atoms with Crippen molar-refractivity contribution in [2.75, 3.05) is 6.79 Å². The number of fused-ring (bicyclic) bond motifs is 1. The van der Waals surface area contributed by atoms with Crippen LogP contribution in [0.5, 0.6) is 11.5 Å². The van der Waals surface area contributed by atoms with Crippen LogP contribution in [0.25, 0.3) is 0 Å². The molecule has 1 aromatic heterocycles. The predicted octanol–water partition coefficient (Wildman–Crippen LogP) is 3.08. The van der Waals surface area contributed by atoms with E-state index in [-0.39, 0.29) is 6.54 Å². The average molecular weight is 372 g/mol. The highest BCUT2D eigenvalue weighted by molar-refractivity contribution is 5.44. The standard InChI is InChI=1S/C20H28N4O3/c1-13-4-3-5-16(14(13)2)24(11-19-22-20(9-21)27-23-19)10-15-6-7-17-18(8-15)26-12-25-17/h6-8,13-14,16H,3-5,9-12,21H2,1-2H3. The SMILES string of the molecule is CC1CCCC(N(Cc2ccc3c(c2)OCO3)Cc2noc(CN)n2)C1C. The lowest BCUT2D eigenvalue weighted by molar-refractivity contribution is 0.0659. The van der Waals surface area contributed by atoms with Crippen molar-refractivity contribution in [3.8, 4) is 11.5 Å². The molecule has 1 saturated carbocycles. The molecule has 146 valence electrons. The number of benzene rings is 1. The number of aromatic nitrogens is 2. The third-order valence-corrected chi connectivity index (χ3v) is 5.98. The number of nitrogens with two attached hydrogens (primary N) is 1. The van der Waals surface area contributed by atoms with Crippen molar-refractivity contribution in [2.45, 2.75) is 58.8 Å². The number of hydrogen-bond donors (Lipinski definition) is 1. The minimum Gasteiger partial charge on any atom is -0.454 e. The van der Waals surface area contributed by atoms with Gasteiger partial charge in [-0.25, -0.2) is 0 Å². The van der Waals surface area contributed by atoms with Gasteiger partial charge < -0.3 is 19.7 Å². The Morgan fingerprint density at radius 3 is 2.81 bits per heavy atom. The van der Waals surface area contributed by atoms with Crippen molar-refractivity contribution in [3.05, 3.63) is 35.5 Å². The second-order valence-corrected chi connectivity index (χ2v) is 7.74. The summed E-state index contributed by atoms with van der Waals surface area (Å²) in [5.74, 6) is 4.15. The van der Waals surface area contributed by atoms with Gasteiger partial charge in [0, 0.05) is 12.6 Å². The van der Waals surface area contributed by atoms with E-state index in [9.17, 15) is 0 Å². The number of ether oxygens (including phenoxy) is 2. The maximum Gasteiger partial charge on any atom is 0.240 e. The Kier molecular flexibility index (Phi) is 5.31. The smallest absolute Gasteiger partial charge is 0.240 e. The van der Waals surface area contributed by atoms with E-state index in [0.717, 1.165) is 18.0 Å². The van der Waals surface area contributed by atoms with Gasteiger partial charge in [-0.2, -0.15) is 4.98 Å². The Morgan fingerprint density at radius 2 is 2.00 bits per heavy atom. The van der Waals surface area contributed by atoms with Crippen LogP contribution in [0.3, 0.4) is 0 Å². The monoisotopic (exact) mass is 372 g/mol. The van der Waals surface area contributed by atoms with E-state index in [4.69, 9.17) is 19.7 Å². The summed E-state index contributed by atoms with van der Waals surface area (Å²) in [5.41, 5.74) is 6.82. The molecule has 7 heteroatoms. The fraction of sp³-hybridized carbons (Fsp3) is 0.600. The molecule has 2 aliphatic rings. The minimum absolute atomic E-state index is 0.270. The summed E-state index contributed by atoms with van der Waals surface area (Å²) < 4.78 is 16.2. The minimum atomic E-state index is 0.270. The van der Waals surface area contributed by atoms with Crippen LogP contribution in [0, 0.1) is 11.8 Å². The lowest BCUT2D eigenvalue weighted by atomic mass is 9.77. The van der Waals surface area contributed by atoms with Crippen molar-refractivity contribution >= 4 is 0 Å². The van der Waals surface area contributed by atoms with Gasteiger partial charge in [-0.3, -0.25) is 4.90 Å². The lowest BCUT2D eigenvalue weighted by Crippen LogP contribution is -2.43. The quantitative estimate of drug-likeness (QED) is 0.834. The van der Waals surface area contributed by atoms with Gasteiger partial charge in [0.15, 0.2) is 17.3 Å². The second kappa shape index (κ2) is 7.86. The van der Waals surface area contributed by atoms with Crippen LogP contribution in [-0.4, -0.2) is 27.9 Å². The molecular formula is C20H28N4O3. The highest BCUT2D eigenvalue weighted by Gasteiger charge is 2.32. The molecule has 0 bridgehead atoms. The van der Waals surface area contributed by atoms with Gasteiger partial charge in [-0.05, 0) is 36.0 Å². The van der Waals surface area contributed by atoms with Gasteiger partial charge in [0.1, 0.15) is 0 Å². The molecule has 3 unspecified atom stereocenters. The molecule has 2 aromatic rings. The molecular weight excluding hydrogens is 344 g/mol. The Hall–Kier alpha value is -2.12. The molecule has 1 fully saturated rings. The summed E-state index contributed by atoms with van der Waals surface area (Å²) in [4.78, 5) is 6.89. The maximum atomic E-state index is 5.62. The first-order valence-electron chi connectivity index (χ1n) is 9.78. The van der Waals surface area contributed by atoms with E-state index >= 15 is 0 Å². The van der Waals surface area contributed by atoms with Crippen LogP contribution in [0.4, 0.5) is 0 Å². The van der Waals surface area contributed by atoms with Crippen LogP contribution < -0.4 is 15.2 Å². The van der Waals surface area contributed by atoms with Crippen LogP contribution in [0.2, 0.25) is 0 Å². The predicted molar refractivity (Wildman–Crippen MR) is 100.0 cm³/mol. The third kappa shape index (κ3) is 3.94. The second-order valence-electron chi connectivity index (χ2n) is 7.74. The van der Waals surface area contributed by atoms with Gasteiger partial charge in [0.25, 0.3) is 0 Å². The van der Waals surface area contributed by atoms with E-state index in [0.29, 0.717) is 42.9 Å². The van der Waals surface area contributed by atoms with Crippen molar-refractivity contribution < 1.29 is 14.0 Å². The van der Waals surface area contributed by atoms with Crippen molar-refractivity contribution in [1.82, 2.24) is 15.0 Å². The van der Waals surface area contributed by atoms with E-state index in [2.05, 4.69) is 41.0 Å².